The number of aryl methyl sites for hydroxylation is 1. The lowest BCUT2D eigenvalue weighted by atomic mass is 9.66. The lowest BCUT2D eigenvalue weighted by Crippen LogP contribution is -2.56. The number of carbonyl (C=O) groups is 2. The van der Waals surface area contributed by atoms with Gasteiger partial charge in [-0.2, -0.15) is 0 Å². The molecule has 23 heavy (non-hydrogen) atoms. The van der Waals surface area contributed by atoms with E-state index < -0.39 is 16.4 Å². The minimum Gasteiger partial charge on any atom is -0.448 e. The van der Waals surface area contributed by atoms with Crippen LogP contribution in [0.2, 0.25) is 0 Å². The average molecular weight is 313 g/mol. The molecule has 1 amide bonds. The van der Waals surface area contributed by atoms with E-state index in [2.05, 4.69) is 6.07 Å². The Labute approximate surface area is 136 Å². The van der Waals surface area contributed by atoms with E-state index in [9.17, 15) is 9.59 Å². The van der Waals surface area contributed by atoms with Crippen LogP contribution in [0.15, 0.2) is 24.3 Å². The summed E-state index contributed by atoms with van der Waals surface area (Å²) < 4.78 is 5.77. The highest BCUT2D eigenvalue weighted by Crippen LogP contribution is 2.66. The molecule has 1 saturated carbocycles. The third-order valence-electron chi connectivity index (χ3n) is 6.78. The second-order valence-corrected chi connectivity index (χ2v) is 7.86. The first-order valence-electron chi connectivity index (χ1n) is 8.47. The first-order chi connectivity index (χ1) is 10.8. The second kappa shape index (κ2) is 4.37. The van der Waals surface area contributed by atoms with Gasteiger partial charge in [-0.3, -0.25) is 9.59 Å². The van der Waals surface area contributed by atoms with Gasteiger partial charge in [0, 0.05) is 17.6 Å². The topological polar surface area (TPSA) is 46.6 Å². The van der Waals surface area contributed by atoms with Crippen molar-refractivity contribution in [2.24, 2.45) is 10.8 Å². The number of esters is 1. The zero-order chi connectivity index (χ0) is 16.5. The number of hydrogen-bond acceptors (Lipinski definition) is 3. The molecule has 4 nitrogen and oxygen atoms in total. The van der Waals surface area contributed by atoms with Crippen LogP contribution in [-0.4, -0.2) is 24.0 Å². The van der Waals surface area contributed by atoms with Gasteiger partial charge >= 0.3 is 5.97 Å². The Morgan fingerprint density at radius 2 is 1.91 bits per heavy atom. The van der Waals surface area contributed by atoms with Crippen molar-refractivity contribution in [2.75, 3.05) is 11.4 Å². The van der Waals surface area contributed by atoms with E-state index in [1.165, 1.54) is 5.56 Å². The number of carbonyl (C=O) groups excluding carboxylic acids is 2. The van der Waals surface area contributed by atoms with E-state index in [0.29, 0.717) is 13.0 Å². The molecule has 4 heteroatoms. The van der Waals surface area contributed by atoms with Crippen molar-refractivity contribution in [3.05, 3.63) is 29.8 Å². The summed E-state index contributed by atoms with van der Waals surface area (Å²) in [4.78, 5) is 27.8. The minimum atomic E-state index is -1.01. The molecule has 4 rings (SSSR count). The van der Waals surface area contributed by atoms with Crippen LogP contribution in [0.4, 0.5) is 5.69 Å². The molecule has 0 radical (unpaired) electrons. The number of benzene rings is 1. The number of ether oxygens (including phenoxy) is 1. The maximum absolute atomic E-state index is 13.5. The van der Waals surface area contributed by atoms with Gasteiger partial charge in [-0.25, -0.2) is 0 Å². The molecule has 2 fully saturated rings. The Bertz CT molecular complexity index is 710. The highest BCUT2D eigenvalue weighted by Gasteiger charge is 2.76. The highest BCUT2D eigenvalue weighted by atomic mass is 16.6. The van der Waals surface area contributed by atoms with Gasteiger partial charge in [0.05, 0.1) is 5.41 Å². The van der Waals surface area contributed by atoms with Crippen LogP contribution in [0.25, 0.3) is 0 Å². The predicted molar refractivity (Wildman–Crippen MR) is 87.1 cm³/mol. The number of fused-ring (bicyclic) bond motifs is 3. The third-order valence-corrected chi connectivity index (χ3v) is 6.78. The molecular formula is C19H23NO3. The van der Waals surface area contributed by atoms with Crippen molar-refractivity contribution in [3.63, 3.8) is 0 Å². The van der Waals surface area contributed by atoms with Crippen LogP contribution in [0.1, 0.15) is 45.6 Å². The van der Waals surface area contributed by atoms with Crippen LogP contribution < -0.4 is 4.90 Å². The summed E-state index contributed by atoms with van der Waals surface area (Å²) in [6, 6.07) is 8.06. The zero-order valence-electron chi connectivity index (χ0n) is 14.0. The van der Waals surface area contributed by atoms with Gasteiger partial charge in [-0.05, 0) is 44.2 Å². The number of nitrogens with zero attached hydrogens (tertiary/aromatic N) is 1. The van der Waals surface area contributed by atoms with Gasteiger partial charge in [0.25, 0.3) is 5.91 Å². The summed E-state index contributed by atoms with van der Waals surface area (Å²) in [5, 5.41) is 0. The number of para-hydroxylation sites is 1. The molecule has 3 aliphatic rings. The average Bonchev–Trinajstić information content (AvgIpc) is 2.84. The fraction of sp³-hybridized carbons (Fsp3) is 0.579. The summed E-state index contributed by atoms with van der Waals surface area (Å²) in [7, 11) is 0. The number of hydrogen-bond donors (Lipinski definition) is 0. The van der Waals surface area contributed by atoms with E-state index in [1.54, 1.807) is 0 Å². The molecule has 0 spiro atoms. The minimum absolute atomic E-state index is 0.0378. The second-order valence-electron chi connectivity index (χ2n) is 7.86. The Kier molecular flexibility index (Phi) is 2.80. The van der Waals surface area contributed by atoms with Crippen molar-refractivity contribution in [3.8, 4) is 0 Å². The third kappa shape index (κ3) is 1.57. The van der Waals surface area contributed by atoms with Gasteiger partial charge in [0.2, 0.25) is 0 Å². The maximum atomic E-state index is 13.5. The Morgan fingerprint density at radius 1 is 1.17 bits per heavy atom. The van der Waals surface area contributed by atoms with Crippen molar-refractivity contribution < 1.29 is 14.3 Å². The molecule has 2 bridgehead atoms. The van der Waals surface area contributed by atoms with Crippen molar-refractivity contribution in [2.45, 2.75) is 52.1 Å². The zero-order valence-corrected chi connectivity index (χ0v) is 14.0. The lowest BCUT2D eigenvalue weighted by molar-refractivity contribution is -0.167. The SMILES string of the molecule is CC1(C)[C@]2(C)CC[C@]1(C(=O)N1CCCc3ccccc31)OC2=O. The molecule has 1 aromatic rings. The number of amides is 1. The van der Waals surface area contributed by atoms with Crippen molar-refractivity contribution >= 4 is 17.6 Å². The maximum Gasteiger partial charge on any atom is 0.313 e. The van der Waals surface area contributed by atoms with Gasteiger partial charge in [-0.15, -0.1) is 0 Å². The Balaban J connectivity index is 1.78. The molecule has 1 aromatic carbocycles. The predicted octanol–water partition coefficient (Wildman–Crippen LogP) is 3.09. The molecule has 2 heterocycles. The summed E-state index contributed by atoms with van der Waals surface area (Å²) >= 11 is 0. The van der Waals surface area contributed by atoms with Crippen molar-refractivity contribution in [1.82, 2.24) is 0 Å². The molecule has 0 N–H and O–H groups in total. The smallest absolute Gasteiger partial charge is 0.313 e. The number of rotatable bonds is 1. The van der Waals surface area contributed by atoms with E-state index in [0.717, 1.165) is 24.9 Å². The van der Waals surface area contributed by atoms with E-state index >= 15 is 0 Å². The quantitative estimate of drug-likeness (QED) is 0.749. The van der Waals surface area contributed by atoms with Gasteiger partial charge in [0.15, 0.2) is 5.60 Å². The van der Waals surface area contributed by atoms with Crippen LogP contribution >= 0.6 is 0 Å². The number of anilines is 1. The van der Waals surface area contributed by atoms with Crippen LogP contribution in [-0.2, 0) is 20.7 Å². The highest BCUT2D eigenvalue weighted by molar-refractivity contribution is 6.05. The summed E-state index contributed by atoms with van der Waals surface area (Å²) in [5.41, 5.74) is 0.124. The molecule has 1 aliphatic carbocycles. The van der Waals surface area contributed by atoms with E-state index in [4.69, 9.17) is 4.74 Å². The molecule has 1 saturated heterocycles. The normalized spacial score (nSPS) is 34.2. The van der Waals surface area contributed by atoms with Crippen LogP contribution in [0, 0.1) is 10.8 Å². The fourth-order valence-electron chi connectivity index (χ4n) is 4.68. The molecule has 0 unspecified atom stereocenters. The lowest BCUT2D eigenvalue weighted by Gasteiger charge is -2.40. The first kappa shape index (κ1) is 14.7. The van der Waals surface area contributed by atoms with E-state index in [-0.39, 0.29) is 11.9 Å². The largest absolute Gasteiger partial charge is 0.448 e. The van der Waals surface area contributed by atoms with Gasteiger partial charge in [-0.1, -0.05) is 32.0 Å². The Morgan fingerprint density at radius 3 is 2.57 bits per heavy atom. The molecule has 2 aliphatic heterocycles. The summed E-state index contributed by atoms with van der Waals surface area (Å²) in [5.74, 6) is -0.253. The first-order valence-corrected chi connectivity index (χ1v) is 8.47. The van der Waals surface area contributed by atoms with Crippen LogP contribution in [0.5, 0.6) is 0 Å². The summed E-state index contributed by atoms with van der Waals surface area (Å²) in [6.07, 6.45) is 3.29. The molecule has 0 aromatic heterocycles. The molecular weight excluding hydrogens is 290 g/mol. The Hall–Kier alpha value is -1.84. The summed E-state index contributed by atoms with van der Waals surface area (Å²) in [6.45, 7) is 6.67. The fourth-order valence-corrected chi connectivity index (χ4v) is 4.68. The van der Waals surface area contributed by atoms with Gasteiger partial charge in [0.1, 0.15) is 0 Å². The molecule has 2 atom stereocenters. The monoisotopic (exact) mass is 313 g/mol. The van der Waals surface area contributed by atoms with Crippen LogP contribution in [0.3, 0.4) is 0 Å². The van der Waals surface area contributed by atoms with Crippen molar-refractivity contribution in [1.29, 1.82) is 0 Å². The molecule has 122 valence electrons. The van der Waals surface area contributed by atoms with Gasteiger partial charge < -0.3 is 9.64 Å². The standard InChI is InChI=1S/C19H23NO3/c1-17(2)18(3)10-11-19(17,23-16(18)22)15(21)20-12-6-8-13-7-4-5-9-14(13)20/h4-5,7,9H,6,8,10-12H2,1-3H3/t18-,19-/m1/s1. The van der Waals surface area contributed by atoms with E-state index in [1.807, 2.05) is 43.9 Å².